The lowest BCUT2D eigenvalue weighted by Crippen LogP contribution is -2.52. The summed E-state index contributed by atoms with van der Waals surface area (Å²) in [7, 11) is 0. The van der Waals surface area contributed by atoms with Crippen LogP contribution in [0.25, 0.3) is 0 Å². The van der Waals surface area contributed by atoms with E-state index in [1.54, 1.807) is 6.92 Å². The summed E-state index contributed by atoms with van der Waals surface area (Å²) in [5.41, 5.74) is 5.36. The van der Waals surface area contributed by atoms with Gasteiger partial charge in [-0.3, -0.25) is 9.59 Å². The van der Waals surface area contributed by atoms with Crippen molar-refractivity contribution < 1.29 is 19.1 Å². The predicted molar refractivity (Wildman–Crippen MR) is 65.5 cm³/mol. The third-order valence-corrected chi connectivity index (χ3v) is 2.16. The van der Waals surface area contributed by atoms with Crippen molar-refractivity contribution in [1.82, 2.24) is 10.6 Å². The second-order valence-corrected chi connectivity index (χ2v) is 4.00. The lowest BCUT2D eigenvalue weighted by atomic mass is 10.2. The van der Waals surface area contributed by atoms with Gasteiger partial charge in [0.05, 0.1) is 12.6 Å². The maximum atomic E-state index is 11.6. The van der Waals surface area contributed by atoms with E-state index in [0.29, 0.717) is 0 Å². The van der Waals surface area contributed by atoms with Crippen molar-refractivity contribution in [3.05, 3.63) is 0 Å². The molecule has 7 nitrogen and oxygen atoms in total. The van der Waals surface area contributed by atoms with Crippen LogP contribution in [0, 0.1) is 0 Å². The number of carbonyl (C=O) groups excluding carboxylic acids is 3. The summed E-state index contributed by atoms with van der Waals surface area (Å²) in [5, 5.41) is 4.87. The first-order valence-corrected chi connectivity index (χ1v) is 5.82. The third-order valence-electron chi connectivity index (χ3n) is 2.16. The molecule has 0 rings (SSSR count). The van der Waals surface area contributed by atoms with Gasteiger partial charge in [-0.2, -0.15) is 0 Å². The Hall–Kier alpha value is -1.63. The second kappa shape index (κ2) is 7.65. The molecular formula is C11H21N3O4. The fourth-order valence-electron chi connectivity index (χ4n) is 1.07. The highest BCUT2D eigenvalue weighted by Gasteiger charge is 2.22. The molecule has 0 aromatic rings. The number of esters is 1. The highest BCUT2D eigenvalue weighted by Crippen LogP contribution is 1.91. The maximum Gasteiger partial charge on any atom is 0.328 e. The number of ether oxygens (including phenoxy) is 1. The Labute approximate surface area is 106 Å². The molecular weight excluding hydrogens is 238 g/mol. The topological polar surface area (TPSA) is 111 Å². The van der Waals surface area contributed by atoms with E-state index in [-0.39, 0.29) is 6.61 Å². The molecule has 0 aliphatic carbocycles. The Morgan fingerprint density at radius 2 is 1.56 bits per heavy atom. The molecule has 0 fully saturated rings. The number of carbonyl (C=O) groups is 3. The van der Waals surface area contributed by atoms with E-state index in [0.717, 1.165) is 0 Å². The van der Waals surface area contributed by atoms with Gasteiger partial charge in [0.1, 0.15) is 12.1 Å². The number of nitrogens with one attached hydrogen (secondary N) is 2. The first kappa shape index (κ1) is 16.4. The number of nitrogens with two attached hydrogens (primary N) is 1. The van der Waals surface area contributed by atoms with Gasteiger partial charge in [0.25, 0.3) is 0 Å². The lowest BCUT2D eigenvalue weighted by Gasteiger charge is -2.18. The molecule has 2 amide bonds. The summed E-state index contributed by atoms with van der Waals surface area (Å²) >= 11 is 0. The van der Waals surface area contributed by atoms with Crippen molar-refractivity contribution in [2.75, 3.05) is 6.61 Å². The van der Waals surface area contributed by atoms with Crippen LogP contribution in [0.5, 0.6) is 0 Å². The lowest BCUT2D eigenvalue weighted by molar-refractivity contribution is -0.147. The quantitative estimate of drug-likeness (QED) is 0.525. The summed E-state index contributed by atoms with van der Waals surface area (Å²) in [5.74, 6) is -1.41. The van der Waals surface area contributed by atoms with Gasteiger partial charge >= 0.3 is 5.97 Å². The first-order valence-electron chi connectivity index (χ1n) is 5.82. The zero-order valence-corrected chi connectivity index (χ0v) is 11.1. The number of rotatable bonds is 6. The van der Waals surface area contributed by atoms with Gasteiger partial charge < -0.3 is 21.1 Å². The summed E-state index contributed by atoms with van der Waals surface area (Å²) < 4.78 is 4.74. The summed E-state index contributed by atoms with van der Waals surface area (Å²) in [6, 6.07) is -2.21. The van der Waals surface area contributed by atoms with E-state index >= 15 is 0 Å². The average molecular weight is 259 g/mol. The van der Waals surface area contributed by atoms with Crippen LogP contribution < -0.4 is 16.4 Å². The maximum absolute atomic E-state index is 11.6. The van der Waals surface area contributed by atoms with Crippen molar-refractivity contribution >= 4 is 17.8 Å². The van der Waals surface area contributed by atoms with Gasteiger partial charge in [0.15, 0.2) is 0 Å². The molecule has 0 saturated carbocycles. The van der Waals surface area contributed by atoms with Crippen LogP contribution in [0.1, 0.15) is 27.7 Å². The molecule has 0 aliphatic heterocycles. The molecule has 0 aliphatic rings. The van der Waals surface area contributed by atoms with Crippen molar-refractivity contribution in [2.24, 2.45) is 5.73 Å². The Balaban J connectivity index is 4.23. The molecule has 0 spiro atoms. The summed E-state index contributed by atoms with van der Waals surface area (Å²) in [6.45, 7) is 6.46. The molecule has 3 atom stereocenters. The van der Waals surface area contributed by atoms with Gasteiger partial charge in [0.2, 0.25) is 11.8 Å². The average Bonchev–Trinajstić information content (AvgIpc) is 2.28. The van der Waals surface area contributed by atoms with Gasteiger partial charge in [-0.25, -0.2) is 4.79 Å². The minimum atomic E-state index is -0.764. The van der Waals surface area contributed by atoms with Crippen molar-refractivity contribution in [2.45, 2.75) is 45.8 Å². The minimum absolute atomic E-state index is 0.246. The fourth-order valence-corrected chi connectivity index (χ4v) is 1.07. The minimum Gasteiger partial charge on any atom is -0.464 e. The van der Waals surface area contributed by atoms with E-state index in [9.17, 15) is 14.4 Å². The van der Waals surface area contributed by atoms with Gasteiger partial charge in [-0.1, -0.05) is 0 Å². The zero-order valence-electron chi connectivity index (χ0n) is 11.1. The number of amides is 2. The fraction of sp³-hybridized carbons (Fsp3) is 0.727. The van der Waals surface area contributed by atoms with Crippen LogP contribution in [-0.2, 0) is 19.1 Å². The van der Waals surface area contributed by atoms with Crippen LogP contribution in [0.3, 0.4) is 0 Å². The molecule has 104 valence electrons. The molecule has 7 heteroatoms. The van der Waals surface area contributed by atoms with Gasteiger partial charge in [-0.15, -0.1) is 0 Å². The highest BCUT2D eigenvalue weighted by molar-refractivity contribution is 5.91. The monoisotopic (exact) mass is 259 g/mol. The van der Waals surface area contributed by atoms with Crippen LogP contribution in [0.15, 0.2) is 0 Å². The molecule has 0 heterocycles. The Morgan fingerprint density at radius 1 is 1.06 bits per heavy atom. The molecule has 0 bridgehead atoms. The van der Waals surface area contributed by atoms with Crippen LogP contribution in [0.4, 0.5) is 0 Å². The third kappa shape index (κ3) is 5.62. The molecule has 0 saturated heterocycles. The Kier molecular flexibility index (Phi) is 6.96. The van der Waals surface area contributed by atoms with Crippen molar-refractivity contribution in [3.63, 3.8) is 0 Å². The van der Waals surface area contributed by atoms with E-state index in [1.807, 2.05) is 0 Å². The van der Waals surface area contributed by atoms with E-state index in [2.05, 4.69) is 10.6 Å². The first-order chi connectivity index (χ1) is 8.29. The molecule has 0 aromatic heterocycles. The standard InChI is InChI=1S/C11H21N3O4/c1-5-18-11(17)8(4)14-10(16)7(3)13-9(15)6(2)12/h6-8H,5,12H2,1-4H3,(H,13,15)(H,14,16)/t6-,7-,8-/m0/s1. The largest absolute Gasteiger partial charge is 0.464 e. The normalized spacial score (nSPS) is 15.2. The summed E-state index contributed by atoms with van der Waals surface area (Å²) in [6.07, 6.45) is 0. The van der Waals surface area contributed by atoms with E-state index in [4.69, 9.17) is 10.5 Å². The molecule has 4 N–H and O–H groups in total. The van der Waals surface area contributed by atoms with Crippen LogP contribution >= 0.6 is 0 Å². The molecule has 0 unspecified atom stereocenters. The molecule has 0 aromatic carbocycles. The molecule has 0 radical (unpaired) electrons. The smallest absolute Gasteiger partial charge is 0.328 e. The Bertz CT molecular complexity index is 317. The SMILES string of the molecule is CCOC(=O)[C@H](C)NC(=O)[C@H](C)NC(=O)[C@H](C)N. The highest BCUT2D eigenvalue weighted by atomic mass is 16.5. The number of hydrogen-bond donors (Lipinski definition) is 3. The number of hydrogen-bond acceptors (Lipinski definition) is 5. The van der Waals surface area contributed by atoms with Crippen LogP contribution in [-0.4, -0.2) is 42.5 Å². The van der Waals surface area contributed by atoms with E-state index < -0.39 is 35.9 Å². The van der Waals surface area contributed by atoms with E-state index in [1.165, 1.54) is 20.8 Å². The Morgan fingerprint density at radius 3 is 2.00 bits per heavy atom. The molecule has 18 heavy (non-hydrogen) atoms. The van der Waals surface area contributed by atoms with Crippen LogP contribution in [0.2, 0.25) is 0 Å². The second-order valence-electron chi connectivity index (χ2n) is 4.00. The van der Waals surface area contributed by atoms with Crippen molar-refractivity contribution in [3.8, 4) is 0 Å². The van der Waals surface area contributed by atoms with Gasteiger partial charge in [-0.05, 0) is 27.7 Å². The zero-order chi connectivity index (χ0) is 14.3. The predicted octanol–water partition coefficient (Wildman–Crippen LogP) is -1.09. The summed E-state index contributed by atoms with van der Waals surface area (Å²) in [4.78, 5) is 34.2. The van der Waals surface area contributed by atoms with Gasteiger partial charge in [0, 0.05) is 0 Å². The van der Waals surface area contributed by atoms with Crippen molar-refractivity contribution in [1.29, 1.82) is 0 Å².